The normalized spacial score (nSPS) is 21.4. The average molecular weight is 254 g/mol. The van der Waals surface area contributed by atoms with Gasteiger partial charge in [-0.25, -0.2) is 0 Å². The first kappa shape index (κ1) is 12.3. The van der Waals surface area contributed by atoms with Crippen LogP contribution in [0, 0.1) is 0 Å². The van der Waals surface area contributed by atoms with Crippen molar-refractivity contribution in [1.29, 1.82) is 0 Å². The molecule has 92 valence electrons. The van der Waals surface area contributed by atoms with Crippen molar-refractivity contribution < 1.29 is 4.79 Å². The van der Waals surface area contributed by atoms with E-state index in [1.165, 1.54) is 0 Å². The molecule has 2 rings (SSSR count). The van der Waals surface area contributed by atoms with E-state index in [1.54, 1.807) is 12.4 Å². The predicted octanol–water partition coefficient (Wildman–Crippen LogP) is 1.45. The van der Waals surface area contributed by atoms with Crippen molar-refractivity contribution in [2.24, 2.45) is 0 Å². The lowest BCUT2D eigenvalue weighted by atomic mass is 10.2. The Labute approximate surface area is 106 Å². The van der Waals surface area contributed by atoms with E-state index >= 15 is 0 Å². The van der Waals surface area contributed by atoms with Gasteiger partial charge in [-0.2, -0.15) is 0 Å². The highest BCUT2D eigenvalue weighted by atomic mass is 35.5. The smallest absolute Gasteiger partial charge is 0.239 e. The van der Waals surface area contributed by atoms with Crippen LogP contribution >= 0.6 is 11.6 Å². The van der Waals surface area contributed by atoms with Crippen LogP contribution in [0.5, 0.6) is 0 Å². The number of hydrogen-bond acceptors (Lipinski definition) is 3. The van der Waals surface area contributed by atoms with Crippen molar-refractivity contribution in [1.82, 2.24) is 15.2 Å². The minimum atomic E-state index is -0.113. The third kappa shape index (κ3) is 2.96. The van der Waals surface area contributed by atoms with Crippen molar-refractivity contribution in [3.05, 3.63) is 29.0 Å². The molecule has 0 spiro atoms. The summed E-state index contributed by atoms with van der Waals surface area (Å²) in [5.41, 5.74) is 0.948. The molecule has 1 N–H and O–H groups in total. The number of rotatable bonds is 2. The lowest BCUT2D eigenvalue weighted by Crippen LogP contribution is -2.41. The van der Waals surface area contributed by atoms with E-state index in [0.717, 1.165) is 25.1 Å². The Morgan fingerprint density at radius 2 is 2.47 bits per heavy atom. The van der Waals surface area contributed by atoms with Gasteiger partial charge in [-0.05, 0) is 31.5 Å². The Kier molecular flexibility index (Phi) is 3.97. The molecule has 1 aliphatic heterocycles. The maximum Gasteiger partial charge on any atom is 0.239 e. The standard InChI is InChI=1S/C12H16ClN3O/c1-9-12(17)16(6-2-4-15-9)8-10-3-5-14-7-11(10)13/h3,5,7,9,15H,2,4,6,8H2,1H3. The van der Waals surface area contributed by atoms with Gasteiger partial charge in [0.2, 0.25) is 5.91 Å². The predicted molar refractivity (Wildman–Crippen MR) is 66.7 cm³/mol. The topological polar surface area (TPSA) is 45.2 Å². The Hall–Kier alpha value is -1.13. The largest absolute Gasteiger partial charge is 0.337 e. The van der Waals surface area contributed by atoms with Crippen LogP contribution in [-0.4, -0.2) is 34.9 Å². The fourth-order valence-electron chi connectivity index (χ4n) is 1.95. The Bertz CT molecular complexity index is 410. The second kappa shape index (κ2) is 5.47. The number of amides is 1. The summed E-state index contributed by atoms with van der Waals surface area (Å²) >= 11 is 6.05. The molecule has 0 bridgehead atoms. The van der Waals surface area contributed by atoms with Gasteiger partial charge in [-0.1, -0.05) is 11.6 Å². The lowest BCUT2D eigenvalue weighted by Gasteiger charge is -2.23. The number of nitrogens with one attached hydrogen (secondary N) is 1. The molecule has 4 nitrogen and oxygen atoms in total. The molecule has 0 radical (unpaired) electrons. The number of halogens is 1. The van der Waals surface area contributed by atoms with E-state index in [-0.39, 0.29) is 11.9 Å². The third-order valence-electron chi connectivity index (χ3n) is 2.96. The molecular weight excluding hydrogens is 238 g/mol. The molecular formula is C12H16ClN3O. The van der Waals surface area contributed by atoms with E-state index in [9.17, 15) is 4.79 Å². The molecule has 1 amide bonds. The summed E-state index contributed by atoms with van der Waals surface area (Å²) in [5, 5.41) is 3.80. The van der Waals surface area contributed by atoms with Crippen LogP contribution in [0.1, 0.15) is 18.9 Å². The summed E-state index contributed by atoms with van der Waals surface area (Å²) in [7, 11) is 0. The van der Waals surface area contributed by atoms with Gasteiger partial charge in [0.05, 0.1) is 11.1 Å². The Balaban J connectivity index is 2.12. The highest BCUT2D eigenvalue weighted by Gasteiger charge is 2.23. The van der Waals surface area contributed by atoms with Gasteiger partial charge in [0, 0.05) is 25.5 Å². The summed E-state index contributed by atoms with van der Waals surface area (Å²) in [5.74, 6) is 0.135. The van der Waals surface area contributed by atoms with Crippen molar-refractivity contribution >= 4 is 17.5 Å². The summed E-state index contributed by atoms with van der Waals surface area (Å²) in [6.45, 7) is 4.11. The number of hydrogen-bond donors (Lipinski definition) is 1. The van der Waals surface area contributed by atoms with E-state index < -0.39 is 0 Å². The van der Waals surface area contributed by atoms with Crippen LogP contribution in [0.2, 0.25) is 5.02 Å². The quantitative estimate of drug-likeness (QED) is 0.868. The molecule has 1 unspecified atom stereocenters. The maximum absolute atomic E-state index is 12.1. The minimum absolute atomic E-state index is 0.113. The fourth-order valence-corrected chi connectivity index (χ4v) is 2.13. The Morgan fingerprint density at radius 1 is 1.65 bits per heavy atom. The molecule has 1 aromatic rings. The van der Waals surface area contributed by atoms with Crippen LogP contribution < -0.4 is 5.32 Å². The van der Waals surface area contributed by atoms with Gasteiger partial charge in [-0.3, -0.25) is 9.78 Å². The summed E-state index contributed by atoms with van der Waals surface area (Å²) in [6, 6.07) is 1.75. The SMILES string of the molecule is CC1NCCCN(Cc2ccncc2Cl)C1=O. The molecule has 2 heterocycles. The monoisotopic (exact) mass is 253 g/mol. The first-order chi connectivity index (χ1) is 8.18. The number of pyridine rings is 1. The number of nitrogens with zero attached hydrogens (tertiary/aromatic N) is 2. The molecule has 1 atom stereocenters. The van der Waals surface area contributed by atoms with E-state index in [4.69, 9.17) is 11.6 Å². The number of carbonyl (C=O) groups excluding carboxylic acids is 1. The molecule has 0 saturated carbocycles. The number of aromatic nitrogens is 1. The van der Waals surface area contributed by atoms with Gasteiger partial charge < -0.3 is 10.2 Å². The second-order valence-corrected chi connectivity index (χ2v) is 4.66. The highest BCUT2D eigenvalue weighted by molar-refractivity contribution is 6.31. The van der Waals surface area contributed by atoms with Crippen LogP contribution in [0.15, 0.2) is 18.5 Å². The highest BCUT2D eigenvalue weighted by Crippen LogP contribution is 2.17. The van der Waals surface area contributed by atoms with E-state index in [1.807, 2.05) is 17.9 Å². The van der Waals surface area contributed by atoms with Crippen molar-refractivity contribution in [3.8, 4) is 0 Å². The van der Waals surface area contributed by atoms with Crippen molar-refractivity contribution in [3.63, 3.8) is 0 Å². The van der Waals surface area contributed by atoms with Crippen molar-refractivity contribution in [2.75, 3.05) is 13.1 Å². The van der Waals surface area contributed by atoms with E-state index in [0.29, 0.717) is 11.6 Å². The zero-order valence-electron chi connectivity index (χ0n) is 9.82. The molecule has 5 heteroatoms. The third-order valence-corrected chi connectivity index (χ3v) is 3.30. The van der Waals surface area contributed by atoms with Gasteiger partial charge >= 0.3 is 0 Å². The molecule has 0 aliphatic carbocycles. The van der Waals surface area contributed by atoms with Gasteiger partial charge in [0.25, 0.3) is 0 Å². The average Bonchev–Trinajstić information content (AvgIpc) is 2.47. The molecule has 1 aliphatic rings. The minimum Gasteiger partial charge on any atom is -0.337 e. The lowest BCUT2D eigenvalue weighted by molar-refractivity contribution is -0.132. The molecule has 1 aromatic heterocycles. The summed E-state index contributed by atoms with van der Waals surface area (Å²) in [4.78, 5) is 17.9. The van der Waals surface area contributed by atoms with E-state index in [2.05, 4.69) is 10.3 Å². The molecule has 17 heavy (non-hydrogen) atoms. The number of carbonyl (C=O) groups is 1. The Morgan fingerprint density at radius 3 is 3.24 bits per heavy atom. The molecule has 0 aromatic carbocycles. The zero-order chi connectivity index (χ0) is 12.3. The maximum atomic E-state index is 12.1. The first-order valence-electron chi connectivity index (χ1n) is 5.79. The van der Waals surface area contributed by atoms with Crippen molar-refractivity contribution in [2.45, 2.75) is 25.9 Å². The van der Waals surface area contributed by atoms with Gasteiger partial charge in [0.1, 0.15) is 0 Å². The van der Waals surface area contributed by atoms with Crippen LogP contribution in [-0.2, 0) is 11.3 Å². The van der Waals surface area contributed by atoms with Crippen LogP contribution in [0.4, 0.5) is 0 Å². The molecule has 1 fully saturated rings. The van der Waals surface area contributed by atoms with Crippen LogP contribution in [0.25, 0.3) is 0 Å². The zero-order valence-corrected chi connectivity index (χ0v) is 10.6. The second-order valence-electron chi connectivity index (χ2n) is 4.26. The summed E-state index contributed by atoms with van der Waals surface area (Å²) < 4.78 is 0. The van der Waals surface area contributed by atoms with Gasteiger partial charge in [0.15, 0.2) is 0 Å². The van der Waals surface area contributed by atoms with Crippen LogP contribution in [0.3, 0.4) is 0 Å². The summed E-state index contributed by atoms with van der Waals surface area (Å²) in [6.07, 6.45) is 4.28. The molecule has 1 saturated heterocycles. The first-order valence-corrected chi connectivity index (χ1v) is 6.17. The van der Waals surface area contributed by atoms with Gasteiger partial charge in [-0.15, -0.1) is 0 Å². The fraction of sp³-hybridized carbons (Fsp3) is 0.500.